The Bertz CT molecular complexity index is 658. The average Bonchev–Trinajstić information content (AvgIpc) is 2.58. The highest BCUT2D eigenvalue weighted by molar-refractivity contribution is 6.06. The zero-order chi connectivity index (χ0) is 16.7. The fraction of sp³-hybridized carbons (Fsp3) is 0.211. The Morgan fingerprint density at radius 2 is 1.74 bits per heavy atom. The number of nitrogens with zero attached hydrogens (tertiary/aromatic N) is 1. The monoisotopic (exact) mass is 311 g/mol. The Kier molecular flexibility index (Phi) is 5.94. The largest absolute Gasteiger partial charge is 0.491 e. The van der Waals surface area contributed by atoms with Crippen LogP contribution in [-0.2, 0) is 0 Å². The fourth-order valence-corrected chi connectivity index (χ4v) is 2.03. The van der Waals surface area contributed by atoms with E-state index in [1.54, 1.807) is 36.4 Å². The molecule has 0 bridgehead atoms. The van der Waals surface area contributed by atoms with Gasteiger partial charge in [0.1, 0.15) is 12.4 Å². The molecule has 0 fully saturated rings. The van der Waals surface area contributed by atoms with Crippen molar-refractivity contribution in [3.63, 3.8) is 0 Å². The molecule has 0 spiro atoms. The number of hydrogen-bond acceptors (Lipinski definition) is 4. The molecule has 1 N–H and O–H groups in total. The molecule has 0 amide bonds. The van der Waals surface area contributed by atoms with Crippen molar-refractivity contribution in [3.05, 3.63) is 65.7 Å². The number of ketones is 1. The molecular formula is C19H21NO3. The van der Waals surface area contributed by atoms with Crippen LogP contribution in [0.25, 0.3) is 6.08 Å². The summed E-state index contributed by atoms with van der Waals surface area (Å²) in [5.74, 6) is 0.578. The number of ether oxygens (including phenoxy) is 1. The smallest absolute Gasteiger partial charge is 0.185 e. The van der Waals surface area contributed by atoms with Gasteiger partial charge in [-0.3, -0.25) is 4.79 Å². The second-order valence-electron chi connectivity index (χ2n) is 5.28. The Balaban J connectivity index is 2.00. The molecule has 0 unspecified atom stereocenters. The first-order valence-electron chi connectivity index (χ1n) is 7.43. The van der Waals surface area contributed by atoms with Crippen LogP contribution in [0.5, 0.6) is 5.75 Å². The maximum Gasteiger partial charge on any atom is 0.185 e. The highest BCUT2D eigenvalue weighted by Crippen LogP contribution is 2.15. The van der Waals surface area contributed by atoms with Crippen molar-refractivity contribution in [2.75, 3.05) is 32.2 Å². The highest BCUT2D eigenvalue weighted by atomic mass is 16.5. The van der Waals surface area contributed by atoms with Crippen molar-refractivity contribution >= 4 is 17.5 Å². The SMILES string of the molecule is CN(C)c1ccc(C=CC(=O)c2ccc(OCCO)cc2)cc1. The van der Waals surface area contributed by atoms with Gasteiger partial charge in [-0.15, -0.1) is 0 Å². The number of rotatable bonds is 7. The van der Waals surface area contributed by atoms with Crippen LogP contribution in [0, 0.1) is 0 Å². The molecule has 0 aliphatic heterocycles. The number of carbonyl (C=O) groups excluding carboxylic acids is 1. The molecule has 0 saturated heterocycles. The topological polar surface area (TPSA) is 49.8 Å². The summed E-state index contributed by atoms with van der Waals surface area (Å²) >= 11 is 0. The average molecular weight is 311 g/mol. The lowest BCUT2D eigenvalue weighted by atomic mass is 10.1. The number of carbonyl (C=O) groups is 1. The van der Waals surface area contributed by atoms with Crippen LogP contribution in [0.1, 0.15) is 15.9 Å². The lowest BCUT2D eigenvalue weighted by Crippen LogP contribution is -2.07. The van der Waals surface area contributed by atoms with E-state index in [2.05, 4.69) is 0 Å². The number of hydrogen-bond donors (Lipinski definition) is 1. The van der Waals surface area contributed by atoms with E-state index in [9.17, 15) is 4.79 Å². The zero-order valence-corrected chi connectivity index (χ0v) is 13.4. The number of allylic oxidation sites excluding steroid dienone is 1. The molecule has 2 aromatic rings. The Morgan fingerprint density at radius 3 is 2.30 bits per heavy atom. The minimum atomic E-state index is -0.0598. The molecular weight excluding hydrogens is 290 g/mol. The van der Waals surface area contributed by atoms with Gasteiger partial charge in [0.05, 0.1) is 6.61 Å². The van der Waals surface area contributed by atoms with Gasteiger partial charge in [-0.1, -0.05) is 18.2 Å². The molecule has 0 aliphatic rings. The second-order valence-corrected chi connectivity index (χ2v) is 5.28. The van der Waals surface area contributed by atoms with Crippen molar-refractivity contribution in [1.82, 2.24) is 0 Å². The minimum absolute atomic E-state index is 0.0317. The van der Waals surface area contributed by atoms with Crippen LogP contribution in [-0.4, -0.2) is 38.2 Å². The van der Waals surface area contributed by atoms with Crippen molar-refractivity contribution in [1.29, 1.82) is 0 Å². The van der Waals surface area contributed by atoms with Crippen LogP contribution in [0.4, 0.5) is 5.69 Å². The maximum atomic E-state index is 12.1. The van der Waals surface area contributed by atoms with Crippen LogP contribution in [0.3, 0.4) is 0 Å². The van der Waals surface area contributed by atoms with Crippen molar-refractivity contribution in [2.45, 2.75) is 0 Å². The van der Waals surface area contributed by atoms with Crippen LogP contribution >= 0.6 is 0 Å². The molecule has 0 heterocycles. The quantitative estimate of drug-likeness (QED) is 0.631. The Hall–Kier alpha value is -2.59. The summed E-state index contributed by atoms with van der Waals surface area (Å²) in [5, 5.41) is 8.71. The molecule has 120 valence electrons. The van der Waals surface area contributed by atoms with Gasteiger partial charge in [-0.2, -0.15) is 0 Å². The summed E-state index contributed by atoms with van der Waals surface area (Å²) in [6.45, 7) is 0.214. The van der Waals surface area contributed by atoms with Gasteiger partial charge in [-0.05, 0) is 48.0 Å². The van der Waals surface area contributed by atoms with E-state index >= 15 is 0 Å². The van der Waals surface area contributed by atoms with Gasteiger partial charge in [0, 0.05) is 25.3 Å². The van der Waals surface area contributed by atoms with E-state index < -0.39 is 0 Å². The molecule has 0 saturated carbocycles. The van der Waals surface area contributed by atoms with E-state index in [1.807, 2.05) is 43.3 Å². The van der Waals surface area contributed by atoms with Gasteiger partial charge in [-0.25, -0.2) is 0 Å². The van der Waals surface area contributed by atoms with E-state index in [1.165, 1.54) is 0 Å². The van der Waals surface area contributed by atoms with Gasteiger partial charge in [0.15, 0.2) is 5.78 Å². The first kappa shape index (κ1) is 16.8. The number of benzene rings is 2. The molecule has 0 aliphatic carbocycles. The van der Waals surface area contributed by atoms with E-state index in [4.69, 9.17) is 9.84 Å². The molecule has 2 rings (SSSR count). The van der Waals surface area contributed by atoms with E-state index in [0.29, 0.717) is 11.3 Å². The predicted octanol–water partition coefficient (Wildman–Crippen LogP) is 3.02. The molecule has 0 atom stereocenters. The molecule has 4 nitrogen and oxygen atoms in total. The number of anilines is 1. The first-order chi connectivity index (χ1) is 11.1. The molecule has 0 aromatic heterocycles. The van der Waals surface area contributed by atoms with Crippen molar-refractivity contribution in [3.8, 4) is 5.75 Å². The minimum Gasteiger partial charge on any atom is -0.491 e. The second kappa shape index (κ2) is 8.15. The fourth-order valence-electron chi connectivity index (χ4n) is 2.03. The van der Waals surface area contributed by atoms with Gasteiger partial charge < -0.3 is 14.7 Å². The van der Waals surface area contributed by atoms with Crippen molar-refractivity contribution in [2.24, 2.45) is 0 Å². The molecule has 0 radical (unpaired) electrons. The lowest BCUT2D eigenvalue weighted by molar-refractivity contribution is 0.104. The summed E-state index contributed by atoms with van der Waals surface area (Å²) in [6, 6.07) is 14.9. The lowest BCUT2D eigenvalue weighted by Gasteiger charge is -2.11. The first-order valence-corrected chi connectivity index (χ1v) is 7.43. The van der Waals surface area contributed by atoms with Gasteiger partial charge in [0.2, 0.25) is 0 Å². The predicted molar refractivity (Wildman–Crippen MR) is 93.2 cm³/mol. The normalized spacial score (nSPS) is 10.7. The zero-order valence-electron chi connectivity index (χ0n) is 13.4. The Morgan fingerprint density at radius 1 is 1.09 bits per heavy atom. The van der Waals surface area contributed by atoms with Gasteiger partial charge in [0.25, 0.3) is 0 Å². The van der Waals surface area contributed by atoms with E-state index in [-0.39, 0.29) is 19.0 Å². The third-order valence-corrected chi connectivity index (χ3v) is 3.34. The van der Waals surface area contributed by atoms with Crippen LogP contribution < -0.4 is 9.64 Å². The number of aliphatic hydroxyl groups is 1. The standard InChI is InChI=1S/C19H21NO3/c1-20(2)17-8-3-15(4-9-17)5-12-19(22)16-6-10-18(11-7-16)23-14-13-21/h3-12,21H,13-14H2,1-2H3. The third-order valence-electron chi connectivity index (χ3n) is 3.34. The van der Waals surface area contributed by atoms with Crippen LogP contribution in [0.15, 0.2) is 54.6 Å². The summed E-state index contributed by atoms with van der Waals surface area (Å²) in [6.07, 6.45) is 3.37. The van der Waals surface area contributed by atoms with Crippen molar-refractivity contribution < 1.29 is 14.6 Å². The van der Waals surface area contributed by atoms with Crippen LogP contribution in [0.2, 0.25) is 0 Å². The molecule has 23 heavy (non-hydrogen) atoms. The maximum absolute atomic E-state index is 12.1. The van der Waals surface area contributed by atoms with E-state index in [0.717, 1.165) is 11.3 Å². The summed E-state index contributed by atoms with van der Waals surface area (Å²) in [4.78, 5) is 14.2. The summed E-state index contributed by atoms with van der Waals surface area (Å²) in [7, 11) is 3.98. The molecule has 4 heteroatoms. The summed E-state index contributed by atoms with van der Waals surface area (Å²) < 4.78 is 5.27. The molecule has 2 aromatic carbocycles. The summed E-state index contributed by atoms with van der Waals surface area (Å²) in [5.41, 5.74) is 2.70. The number of aliphatic hydroxyl groups excluding tert-OH is 1. The third kappa shape index (κ3) is 4.97. The highest BCUT2D eigenvalue weighted by Gasteiger charge is 2.02. The van der Waals surface area contributed by atoms with Gasteiger partial charge >= 0.3 is 0 Å². The Labute approximate surface area is 136 Å².